The maximum atomic E-state index is 4.26. The lowest BCUT2D eigenvalue weighted by Gasteiger charge is -2.36. The Bertz CT molecular complexity index is 597. The molecule has 1 aromatic carbocycles. The second kappa shape index (κ2) is 10.0. The summed E-state index contributed by atoms with van der Waals surface area (Å²) >= 11 is 0. The van der Waals surface area contributed by atoms with E-state index < -0.39 is 0 Å². The molecule has 2 heterocycles. The van der Waals surface area contributed by atoms with Crippen LogP contribution in [0.15, 0.2) is 36.7 Å². The Balaban J connectivity index is 0.00000144. The molecule has 0 radical (unpaired) electrons. The van der Waals surface area contributed by atoms with E-state index in [2.05, 4.69) is 52.7 Å². The lowest BCUT2D eigenvalue weighted by Crippen LogP contribution is -2.46. The number of halogens is 2. The number of nitrogens with zero attached hydrogens (tertiary/aromatic N) is 3. The highest BCUT2D eigenvalue weighted by Crippen LogP contribution is 2.23. The number of aryl methyl sites for hydroxylation is 2. The fourth-order valence-corrected chi connectivity index (χ4v) is 3.19. The minimum atomic E-state index is 0. The number of rotatable bonds is 5. The van der Waals surface area contributed by atoms with Gasteiger partial charge in [-0.1, -0.05) is 31.2 Å². The highest BCUT2D eigenvalue weighted by atomic mass is 35.5. The molecule has 4 nitrogen and oxygen atoms in total. The van der Waals surface area contributed by atoms with Crippen molar-refractivity contribution in [2.24, 2.45) is 7.05 Å². The van der Waals surface area contributed by atoms with Crippen LogP contribution in [0.3, 0.4) is 0 Å². The molecule has 134 valence electrons. The molecule has 0 amide bonds. The lowest BCUT2D eigenvalue weighted by molar-refractivity contribution is 0.164. The van der Waals surface area contributed by atoms with Crippen LogP contribution >= 0.6 is 24.8 Å². The number of hydrogen-bond acceptors (Lipinski definition) is 3. The number of aromatic nitrogens is 2. The van der Waals surface area contributed by atoms with Crippen molar-refractivity contribution < 1.29 is 0 Å². The monoisotopic (exact) mass is 370 g/mol. The second-order valence-electron chi connectivity index (χ2n) is 6.12. The van der Waals surface area contributed by atoms with Crippen molar-refractivity contribution in [3.05, 3.63) is 53.3 Å². The predicted octanol–water partition coefficient (Wildman–Crippen LogP) is 3.02. The Morgan fingerprint density at radius 1 is 1.17 bits per heavy atom. The molecule has 1 aromatic heterocycles. The van der Waals surface area contributed by atoms with E-state index in [1.807, 2.05) is 17.9 Å². The van der Waals surface area contributed by atoms with Gasteiger partial charge in [0, 0.05) is 45.5 Å². The van der Waals surface area contributed by atoms with Gasteiger partial charge >= 0.3 is 0 Å². The number of benzene rings is 1. The van der Waals surface area contributed by atoms with E-state index in [0.717, 1.165) is 39.0 Å². The first-order valence-electron chi connectivity index (χ1n) is 8.27. The average molecular weight is 371 g/mol. The summed E-state index contributed by atoms with van der Waals surface area (Å²) in [5.74, 6) is 0. The molecule has 1 aliphatic heterocycles. The van der Waals surface area contributed by atoms with Crippen molar-refractivity contribution in [1.29, 1.82) is 0 Å². The normalized spacial score (nSPS) is 17.8. The van der Waals surface area contributed by atoms with Crippen LogP contribution in [-0.2, 0) is 19.9 Å². The molecule has 2 aromatic rings. The Morgan fingerprint density at radius 3 is 2.54 bits per heavy atom. The van der Waals surface area contributed by atoms with Crippen LogP contribution < -0.4 is 5.32 Å². The van der Waals surface area contributed by atoms with E-state index >= 15 is 0 Å². The smallest absolute Gasteiger partial charge is 0.0522 e. The minimum absolute atomic E-state index is 0. The highest BCUT2D eigenvalue weighted by molar-refractivity contribution is 5.85. The van der Waals surface area contributed by atoms with Crippen molar-refractivity contribution in [3.8, 4) is 0 Å². The van der Waals surface area contributed by atoms with Crippen molar-refractivity contribution in [2.45, 2.75) is 25.8 Å². The minimum Gasteiger partial charge on any atom is -0.314 e. The molecule has 1 N–H and O–H groups in total. The summed E-state index contributed by atoms with van der Waals surface area (Å²) in [5.41, 5.74) is 4.16. The Morgan fingerprint density at radius 2 is 1.92 bits per heavy atom. The first-order chi connectivity index (χ1) is 10.8. The van der Waals surface area contributed by atoms with Gasteiger partial charge in [0.2, 0.25) is 0 Å². The van der Waals surface area contributed by atoms with Gasteiger partial charge in [0.25, 0.3) is 0 Å². The van der Waals surface area contributed by atoms with Crippen molar-refractivity contribution in [3.63, 3.8) is 0 Å². The summed E-state index contributed by atoms with van der Waals surface area (Å²) in [6.45, 7) is 6.53. The molecule has 1 unspecified atom stereocenters. The van der Waals surface area contributed by atoms with E-state index in [-0.39, 0.29) is 24.8 Å². The van der Waals surface area contributed by atoms with Gasteiger partial charge in [0.1, 0.15) is 0 Å². The zero-order valence-electron chi connectivity index (χ0n) is 14.4. The van der Waals surface area contributed by atoms with Gasteiger partial charge in [-0.3, -0.25) is 9.58 Å². The van der Waals surface area contributed by atoms with Gasteiger partial charge in [-0.2, -0.15) is 5.10 Å². The summed E-state index contributed by atoms with van der Waals surface area (Å²) in [6, 6.07) is 9.62. The summed E-state index contributed by atoms with van der Waals surface area (Å²) in [7, 11) is 1.98. The van der Waals surface area contributed by atoms with E-state index in [9.17, 15) is 0 Å². The molecule has 24 heavy (non-hydrogen) atoms. The molecule has 0 saturated carbocycles. The highest BCUT2D eigenvalue weighted by Gasteiger charge is 2.23. The Labute approximate surface area is 157 Å². The fourth-order valence-electron chi connectivity index (χ4n) is 3.19. The van der Waals surface area contributed by atoms with Crippen molar-refractivity contribution in [2.75, 3.05) is 26.2 Å². The average Bonchev–Trinajstić information content (AvgIpc) is 2.99. The topological polar surface area (TPSA) is 33.1 Å². The molecule has 0 aliphatic carbocycles. The maximum absolute atomic E-state index is 4.26. The van der Waals surface area contributed by atoms with E-state index in [1.54, 1.807) is 0 Å². The van der Waals surface area contributed by atoms with Crippen LogP contribution in [0.1, 0.15) is 29.7 Å². The largest absolute Gasteiger partial charge is 0.314 e. The predicted molar refractivity (Wildman–Crippen MR) is 104 cm³/mol. The van der Waals surface area contributed by atoms with Gasteiger partial charge in [-0.15, -0.1) is 24.8 Å². The zero-order valence-corrected chi connectivity index (χ0v) is 16.1. The van der Waals surface area contributed by atoms with Crippen LogP contribution in [-0.4, -0.2) is 40.9 Å². The first kappa shape index (κ1) is 21.0. The molecule has 1 aliphatic rings. The van der Waals surface area contributed by atoms with Gasteiger partial charge in [-0.05, 0) is 29.5 Å². The quantitative estimate of drug-likeness (QED) is 0.877. The van der Waals surface area contributed by atoms with Gasteiger partial charge in [-0.25, -0.2) is 0 Å². The van der Waals surface area contributed by atoms with Crippen LogP contribution in [0, 0.1) is 0 Å². The Kier molecular flexibility index (Phi) is 8.78. The number of nitrogens with one attached hydrogen (secondary N) is 1. The third-order valence-electron chi connectivity index (χ3n) is 4.57. The standard InChI is InChI=1S/C18H26N4.2ClH/c1-3-15-4-6-17(7-5-15)18-13-19-9-11-22(18)10-8-16-12-20-21(2)14-16;;/h4-7,12,14,18-19H,3,8-11,13H2,1-2H3;2*1H. The fraction of sp³-hybridized carbons (Fsp3) is 0.500. The number of piperazine rings is 1. The molecule has 1 saturated heterocycles. The third kappa shape index (κ3) is 5.21. The van der Waals surface area contributed by atoms with Gasteiger partial charge < -0.3 is 5.32 Å². The van der Waals surface area contributed by atoms with E-state index in [1.165, 1.54) is 16.7 Å². The molecule has 0 spiro atoms. The van der Waals surface area contributed by atoms with E-state index in [4.69, 9.17) is 0 Å². The van der Waals surface area contributed by atoms with Crippen LogP contribution in [0.25, 0.3) is 0 Å². The SMILES string of the molecule is CCc1ccc(C2CNCCN2CCc2cnn(C)c2)cc1.Cl.Cl. The summed E-state index contributed by atoms with van der Waals surface area (Å²) < 4.78 is 1.88. The van der Waals surface area contributed by atoms with Crippen molar-refractivity contribution >= 4 is 24.8 Å². The zero-order chi connectivity index (χ0) is 15.4. The third-order valence-corrected chi connectivity index (χ3v) is 4.57. The van der Waals surface area contributed by atoms with Crippen molar-refractivity contribution in [1.82, 2.24) is 20.0 Å². The first-order valence-corrected chi connectivity index (χ1v) is 8.27. The molecule has 3 rings (SSSR count). The van der Waals surface area contributed by atoms with Crippen LogP contribution in [0.5, 0.6) is 0 Å². The molecule has 0 bridgehead atoms. The molecular weight excluding hydrogens is 343 g/mol. The van der Waals surface area contributed by atoms with Crippen LogP contribution in [0.2, 0.25) is 0 Å². The number of hydrogen-bond donors (Lipinski definition) is 1. The molecule has 1 atom stereocenters. The summed E-state index contributed by atoms with van der Waals surface area (Å²) in [6.07, 6.45) is 6.27. The Hall–Kier alpha value is -1.07. The van der Waals surface area contributed by atoms with Crippen LogP contribution in [0.4, 0.5) is 0 Å². The van der Waals surface area contributed by atoms with Gasteiger partial charge in [0.15, 0.2) is 0 Å². The molecule has 6 heteroatoms. The molecule has 1 fully saturated rings. The summed E-state index contributed by atoms with van der Waals surface area (Å²) in [4.78, 5) is 2.60. The summed E-state index contributed by atoms with van der Waals surface area (Å²) in [5, 5.41) is 7.80. The van der Waals surface area contributed by atoms with E-state index in [0.29, 0.717) is 6.04 Å². The van der Waals surface area contributed by atoms with Gasteiger partial charge in [0.05, 0.1) is 6.20 Å². The molecular formula is C18H28Cl2N4. The second-order valence-corrected chi connectivity index (χ2v) is 6.12. The maximum Gasteiger partial charge on any atom is 0.0522 e. The lowest BCUT2D eigenvalue weighted by atomic mass is 10.0.